The van der Waals surface area contributed by atoms with Gasteiger partial charge >= 0.3 is 5.97 Å². The number of carbonyl (C=O) groups excluding carboxylic acids is 1. The largest absolute Gasteiger partial charge is 0.466 e. The topological polar surface area (TPSA) is 41.6 Å². The first kappa shape index (κ1) is 27.4. The van der Waals surface area contributed by atoms with Crippen LogP contribution in [0, 0.1) is 5.92 Å². The molecule has 0 aromatic carbocycles. The van der Waals surface area contributed by atoms with Crippen molar-refractivity contribution in [2.45, 2.75) is 117 Å². The minimum Gasteiger partial charge on any atom is -0.466 e. The molecule has 4 heteroatoms. The summed E-state index contributed by atoms with van der Waals surface area (Å²) in [6.07, 6.45) is 19.8. The number of carbonyl (C=O) groups is 1. The van der Waals surface area contributed by atoms with E-state index in [0.29, 0.717) is 13.0 Å². The second-order valence-electron chi connectivity index (χ2n) is 9.33. The molecule has 0 bridgehead atoms. The van der Waals surface area contributed by atoms with E-state index >= 15 is 0 Å². The van der Waals surface area contributed by atoms with Crippen molar-refractivity contribution in [3.05, 3.63) is 0 Å². The fourth-order valence-corrected chi connectivity index (χ4v) is 4.47. The molecule has 1 N–H and O–H groups in total. The van der Waals surface area contributed by atoms with Crippen LogP contribution in [0.4, 0.5) is 0 Å². The lowest BCUT2D eigenvalue weighted by molar-refractivity contribution is -0.144. The molecule has 0 radical (unpaired) electrons. The van der Waals surface area contributed by atoms with Gasteiger partial charge in [0.2, 0.25) is 0 Å². The third-order valence-corrected chi connectivity index (χ3v) is 6.49. The van der Waals surface area contributed by atoms with E-state index in [9.17, 15) is 4.79 Å². The Morgan fingerprint density at radius 2 is 1.40 bits per heavy atom. The Kier molecular flexibility index (Phi) is 18.6. The van der Waals surface area contributed by atoms with Gasteiger partial charge < -0.3 is 15.0 Å². The Hall–Kier alpha value is -0.610. The summed E-state index contributed by atoms with van der Waals surface area (Å²) in [6.45, 7) is 10.9. The maximum atomic E-state index is 11.8. The molecule has 4 nitrogen and oxygen atoms in total. The third-order valence-electron chi connectivity index (χ3n) is 6.49. The van der Waals surface area contributed by atoms with Gasteiger partial charge in [-0.2, -0.15) is 0 Å². The monoisotopic (exact) mass is 424 g/mol. The molecule has 0 atom stereocenters. The average molecular weight is 425 g/mol. The molecule has 1 aliphatic heterocycles. The van der Waals surface area contributed by atoms with Gasteiger partial charge in [0.15, 0.2) is 0 Å². The van der Waals surface area contributed by atoms with Gasteiger partial charge in [-0.05, 0) is 77.0 Å². The van der Waals surface area contributed by atoms with Gasteiger partial charge in [0.25, 0.3) is 0 Å². The molecule has 1 saturated heterocycles. The van der Waals surface area contributed by atoms with Gasteiger partial charge in [0.05, 0.1) is 6.61 Å². The summed E-state index contributed by atoms with van der Waals surface area (Å²) in [5.41, 5.74) is 0. The number of nitrogens with zero attached hydrogens (tertiary/aromatic N) is 1. The molecule has 30 heavy (non-hydrogen) atoms. The summed E-state index contributed by atoms with van der Waals surface area (Å²) in [5, 5.41) is 3.47. The highest BCUT2D eigenvalue weighted by atomic mass is 16.5. The number of ether oxygens (including phenoxy) is 1. The second-order valence-corrected chi connectivity index (χ2v) is 9.33. The van der Waals surface area contributed by atoms with Crippen LogP contribution in [0.2, 0.25) is 0 Å². The molecule has 1 heterocycles. The number of piperidine rings is 1. The average Bonchev–Trinajstić information content (AvgIpc) is 2.76. The number of hydrogen-bond acceptors (Lipinski definition) is 4. The Morgan fingerprint density at radius 3 is 2.13 bits per heavy atom. The van der Waals surface area contributed by atoms with Gasteiger partial charge in [-0.1, -0.05) is 65.2 Å². The van der Waals surface area contributed by atoms with Gasteiger partial charge in [-0.3, -0.25) is 4.79 Å². The van der Waals surface area contributed by atoms with Crippen LogP contribution >= 0.6 is 0 Å². The Balaban J connectivity index is 2.18. The molecule has 0 unspecified atom stereocenters. The van der Waals surface area contributed by atoms with Crippen LogP contribution < -0.4 is 5.32 Å². The summed E-state index contributed by atoms with van der Waals surface area (Å²) in [6, 6.07) is 0. The van der Waals surface area contributed by atoms with E-state index < -0.39 is 0 Å². The van der Waals surface area contributed by atoms with Crippen molar-refractivity contribution in [3.8, 4) is 0 Å². The fourth-order valence-electron chi connectivity index (χ4n) is 4.47. The lowest BCUT2D eigenvalue weighted by Crippen LogP contribution is -2.30. The Bertz CT molecular complexity index is 383. The first-order valence-electron chi connectivity index (χ1n) is 13.3. The van der Waals surface area contributed by atoms with Crippen molar-refractivity contribution in [2.24, 2.45) is 5.92 Å². The molecule has 0 spiro atoms. The zero-order valence-electron chi connectivity index (χ0n) is 20.4. The molecule has 178 valence electrons. The van der Waals surface area contributed by atoms with Gasteiger partial charge in [-0.15, -0.1) is 0 Å². The number of nitrogens with one attached hydrogen (secondary N) is 1. The number of hydrogen-bond donors (Lipinski definition) is 1. The van der Waals surface area contributed by atoms with Crippen LogP contribution in [0.15, 0.2) is 0 Å². The molecular formula is C26H52N2O2. The van der Waals surface area contributed by atoms with E-state index in [0.717, 1.165) is 38.1 Å². The molecule has 0 aromatic heterocycles. The lowest BCUT2D eigenvalue weighted by Gasteiger charge is -2.26. The first-order chi connectivity index (χ1) is 14.8. The van der Waals surface area contributed by atoms with Crippen molar-refractivity contribution in [1.82, 2.24) is 10.2 Å². The van der Waals surface area contributed by atoms with Gasteiger partial charge in [-0.25, -0.2) is 0 Å². The van der Waals surface area contributed by atoms with Crippen LogP contribution in [0.25, 0.3) is 0 Å². The molecule has 0 aromatic rings. The molecular weight excluding hydrogens is 372 g/mol. The highest BCUT2D eigenvalue weighted by molar-refractivity contribution is 5.69. The summed E-state index contributed by atoms with van der Waals surface area (Å²) < 4.78 is 5.45. The minimum atomic E-state index is -0.00649. The summed E-state index contributed by atoms with van der Waals surface area (Å²) in [4.78, 5) is 14.4. The fraction of sp³-hybridized carbons (Fsp3) is 0.962. The second kappa shape index (κ2) is 20.3. The zero-order valence-corrected chi connectivity index (χ0v) is 20.4. The van der Waals surface area contributed by atoms with Crippen molar-refractivity contribution in [2.75, 3.05) is 39.3 Å². The molecule has 1 rings (SSSR count). The Morgan fingerprint density at radius 1 is 0.800 bits per heavy atom. The molecule has 1 aliphatic rings. The standard InChI is InChI=1S/C26H52N2O2/c1-3-5-7-8-9-10-12-21-28(22-13-15-25-17-19-27-20-18-25)23-14-24-30-26(29)16-11-6-4-2/h25,27H,3-24H2,1-2H3. The molecule has 1 fully saturated rings. The molecule has 0 saturated carbocycles. The predicted octanol–water partition coefficient (Wildman–Crippen LogP) is 6.33. The third kappa shape index (κ3) is 16.1. The van der Waals surface area contributed by atoms with Crippen LogP contribution in [-0.4, -0.2) is 50.2 Å². The summed E-state index contributed by atoms with van der Waals surface area (Å²) >= 11 is 0. The maximum absolute atomic E-state index is 11.8. The highest BCUT2D eigenvalue weighted by Gasteiger charge is 2.13. The summed E-state index contributed by atoms with van der Waals surface area (Å²) in [7, 11) is 0. The SMILES string of the molecule is CCCCCCCCCN(CCCOC(=O)CCCCC)CCCC1CCNCC1. The number of rotatable bonds is 20. The van der Waals surface area contributed by atoms with E-state index in [1.807, 2.05) is 0 Å². The molecule has 0 aliphatic carbocycles. The summed E-state index contributed by atoms with van der Waals surface area (Å²) in [5.74, 6) is 0.920. The van der Waals surface area contributed by atoms with Gasteiger partial charge in [0.1, 0.15) is 0 Å². The Labute approximate surface area is 187 Å². The van der Waals surface area contributed by atoms with Crippen molar-refractivity contribution in [1.29, 1.82) is 0 Å². The van der Waals surface area contributed by atoms with E-state index in [4.69, 9.17) is 4.74 Å². The van der Waals surface area contributed by atoms with Crippen molar-refractivity contribution < 1.29 is 9.53 Å². The van der Waals surface area contributed by atoms with Crippen LogP contribution in [0.3, 0.4) is 0 Å². The number of unbranched alkanes of at least 4 members (excludes halogenated alkanes) is 8. The minimum absolute atomic E-state index is 0.00649. The van der Waals surface area contributed by atoms with Crippen LogP contribution in [0.5, 0.6) is 0 Å². The van der Waals surface area contributed by atoms with Crippen molar-refractivity contribution >= 4 is 5.97 Å². The quantitative estimate of drug-likeness (QED) is 0.183. The maximum Gasteiger partial charge on any atom is 0.305 e. The van der Waals surface area contributed by atoms with E-state index in [1.54, 1.807) is 0 Å². The van der Waals surface area contributed by atoms with E-state index in [1.165, 1.54) is 96.8 Å². The normalized spacial score (nSPS) is 15.0. The lowest BCUT2D eigenvalue weighted by atomic mass is 9.93. The first-order valence-corrected chi connectivity index (χ1v) is 13.3. The van der Waals surface area contributed by atoms with Crippen LogP contribution in [-0.2, 0) is 9.53 Å². The molecule has 0 amide bonds. The van der Waals surface area contributed by atoms with Crippen LogP contribution in [0.1, 0.15) is 117 Å². The van der Waals surface area contributed by atoms with E-state index in [2.05, 4.69) is 24.1 Å². The number of esters is 1. The van der Waals surface area contributed by atoms with E-state index in [-0.39, 0.29) is 5.97 Å². The van der Waals surface area contributed by atoms with Crippen molar-refractivity contribution in [3.63, 3.8) is 0 Å². The highest BCUT2D eigenvalue weighted by Crippen LogP contribution is 2.18. The smallest absolute Gasteiger partial charge is 0.305 e. The van der Waals surface area contributed by atoms with Gasteiger partial charge in [0, 0.05) is 13.0 Å². The zero-order chi connectivity index (χ0) is 21.7. The predicted molar refractivity (Wildman–Crippen MR) is 129 cm³/mol.